The molecule has 3 rings (SSSR count). The van der Waals surface area contributed by atoms with E-state index in [4.69, 9.17) is 4.74 Å². The van der Waals surface area contributed by atoms with Gasteiger partial charge in [0.1, 0.15) is 24.2 Å². The van der Waals surface area contributed by atoms with Crippen molar-refractivity contribution < 1.29 is 13.9 Å². The molecule has 6 nitrogen and oxygen atoms in total. The van der Waals surface area contributed by atoms with Crippen molar-refractivity contribution >= 4 is 5.91 Å². The van der Waals surface area contributed by atoms with Crippen molar-refractivity contribution in [3.05, 3.63) is 42.2 Å². The number of amides is 1. The van der Waals surface area contributed by atoms with Gasteiger partial charge in [0.2, 0.25) is 0 Å². The van der Waals surface area contributed by atoms with Crippen molar-refractivity contribution in [1.82, 2.24) is 19.7 Å². The quantitative estimate of drug-likeness (QED) is 0.817. The van der Waals surface area contributed by atoms with Crippen LogP contribution in [0.4, 0.5) is 4.39 Å². The second kappa shape index (κ2) is 5.38. The van der Waals surface area contributed by atoms with Crippen LogP contribution in [0.3, 0.4) is 0 Å². The minimum absolute atomic E-state index is 0.183. The molecule has 0 bridgehead atoms. The van der Waals surface area contributed by atoms with Crippen molar-refractivity contribution in [3.63, 3.8) is 0 Å². The summed E-state index contributed by atoms with van der Waals surface area (Å²) in [5, 5.41) is 3.87. The molecule has 2 aromatic rings. The Morgan fingerprint density at radius 1 is 1.30 bits per heavy atom. The van der Waals surface area contributed by atoms with Crippen molar-refractivity contribution in [2.75, 3.05) is 26.3 Å². The molecule has 0 aliphatic carbocycles. The monoisotopic (exact) mass is 276 g/mol. The Balaban J connectivity index is 1.84. The van der Waals surface area contributed by atoms with Gasteiger partial charge in [0.05, 0.1) is 13.2 Å². The van der Waals surface area contributed by atoms with Gasteiger partial charge in [-0.3, -0.25) is 4.79 Å². The molecule has 2 heterocycles. The summed E-state index contributed by atoms with van der Waals surface area (Å²) in [5.41, 5.74) is 0.592. The van der Waals surface area contributed by atoms with Crippen molar-refractivity contribution in [2.24, 2.45) is 0 Å². The number of ether oxygens (including phenoxy) is 1. The Morgan fingerprint density at radius 2 is 2.10 bits per heavy atom. The van der Waals surface area contributed by atoms with E-state index in [9.17, 15) is 9.18 Å². The van der Waals surface area contributed by atoms with Gasteiger partial charge >= 0.3 is 0 Å². The van der Waals surface area contributed by atoms with E-state index in [1.54, 1.807) is 11.0 Å². The highest BCUT2D eigenvalue weighted by Gasteiger charge is 2.19. The average Bonchev–Trinajstić information content (AvgIpc) is 3.01. The molecule has 1 fully saturated rings. The molecule has 1 aromatic heterocycles. The number of halogens is 1. The molecular weight excluding hydrogens is 263 g/mol. The molecule has 20 heavy (non-hydrogen) atoms. The number of nitrogens with zero attached hydrogens (tertiary/aromatic N) is 4. The third-order valence-corrected chi connectivity index (χ3v) is 3.16. The lowest BCUT2D eigenvalue weighted by atomic mass is 10.1. The molecule has 1 saturated heterocycles. The summed E-state index contributed by atoms with van der Waals surface area (Å²) in [6.07, 6.45) is 2.73. The van der Waals surface area contributed by atoms with E-state index in [0.717, 1.165) is 0 Å². The Kier molecular flexibility index (Phi) is 3.42. The zero-order chi connectivity index (χ0) is 13.9. The third kappa shape index (κ3) is 2.39. The van der Waals surface area contributed by atoms with Crippen LogP contribution >= 0.6 is 0 Å². The summed E-state index contributed by atoms with van der Waals surface area (Å²) in [7, 11) is 0. The van der Waals surface area contributed by atoms with E-state index in [-0.39, 0.29) is 11.6 Å². The molecule has 0 atom stereocenters. The zero-order valence-electron chi connectivity index (χ0n) is 10.7. The molecule has 1 amide bonds. The minimum atomic E-state index is -0.505. The lowest BCUT2D eigenvalue weighted by Crippen LogP contribution is -2.40. The Bertz CT molecular complexity index is 609. The molecule has 0 unspecified atom stereocenters. The largest absolute Gasteiger partial charge is 0.378 e. The van der Waals surface area contributed by atoms with Gasteiger partial charge < -0.3 is 9.64 Å². The molecule has 0 radical (unpaired) electrons. The second-order valence-electron chi connectivity index (χ2n) is 4.41. The Morgan fingerprint density at radius 3 is 2.75 bits per heavy atom. The molecule has 1 aromatic carbocycles. The predicted octanol–water partition coefficient (Wildman–Crippen LogP) is 0.879. The molecule has 0 saturated carbocycles. The summed E-state index contributed by atoms with van der Waals surface area (Å²) in [5.74, 6) is -0.688. The minimum Gasteiger partial charge on any atom is -0.378 e. The van der Waals surface area contributed by atoms with Gasteiger partial charge in [0.25, 0.3) is 5.91 Å². The van der Waals surface area contributed by atoms with E-state index >= 15 is 0 Å². The first-order valence-corrected chi connectivity index (χ1v) is 6.27. The molecule has 0 spiro atoms. The lowest BCUT2D eigenvalue weighted by molar-refractivity contribution is 0.0302. The highest BCUT2D eigenvalue weighted by atomic mass is 19.1. The summed E-state index contributed by atoms with van der Waals surface area (Å²) in [6.45, 7) is 2.10. The number of morpholine rings is 1. The first-order valence-electron chi connectivity index (χ1n) is 6.27. The van der Waals surface area contributed by atoms with E-state index in [1.165, 1.54) is 29.5 Å². The van der Waals surface area contributed by atoms with Crippen LogP contribution in [-0.4, -0.2) is 51.9 Å². The predicted molar refractivity (Wildman–Crippen MR) is 68.0 cm³/mol. The summed E-state index contributed by atoms with van der Waals surface area (Å²) >= 11 is 0. The fraction of sp³-hybridized carbons (Fsp3) is 0.308. The van der Waals surface area contributed by atoms with Gasteiger partial charge in [0.15, 0.2) is 0 Å². The lowest BCUT2D eigenvalue weighted by Gasteiger charge is -2.26. The maximum atomic E-state index is 14.1. The summed E-state index contributed by atoms with van der Waals surface area (Å²) in [4.78, 5) is 17.6. The number of carbonyl (C=O) groups excluding carboxylic acids is 1. The maximum absolute atomic E-state index is 14.1. The van der Waals surface area contributed by atoms with Crippen LogP contribution in [0.15, 0.2) is 30.9 Å². The van der Waals surface area contributed by atoms with Crippen LogP contribution in [0.1, 0.15) is 10.4 Å². The van der Waals surface area contributed by atoms with Crippen molar-refractivity contribution in [1.29, 1.82) is 0 Å². The van der Waals surface area contributed by atoms with Gasteiger partial charge in [0, 0.05) is 18.7 Å². The van der Waals surface area contributed by atoms with E-state index in [1.807, 2.05) is 0 Å². The van der Waals surface area contributed by atoms with Gasteiger partial charge in [-0.15, -0.1) is 0 Å². The molecule has 1 aliphatic heterocycles. The number of carbonyl (C=O) groups is 1. The van der Waals surface area contributed by atoms with Crippen molar-refractivity contribution in [2.45, 2.75) is 0 Å². The smallest absolute Gasteiger partial charge is 0.254 e. The first kappa shape index (κ1) is 12.7. The highest BCUT2D eigenvalue weighted by molar-refractivity contribution is 5.94. The molecule has 1 aliphatic rings. The van der Waals surface area contributed by atoms with Crippen LogP contribution in [0.2, 0.25) is 0 Å². The standard InChI is InChI=1S/C13H13FN4O2/c14-11-7-10(13(19)17-3-5-20-6-4-17)1-2-12(11)18-9-15-8-16-18/h1-2,7-9H,3-6H2. The first-order chi connectivity index (χ1) is 9.75. The van der Waals surface area contributed by atoms with E-state index < -0.39 is 5.82 Å². The van der Waals surface area contributed by atoms with E-state index in [2.05, 4.69) is 10.1 Å². The van der Waals surface area contributed by atoms with Gasteiger partial charge in [-0.2, -0.15) is 5.10 Å². The van der Waals surface area contributed by atoms with Crippen LogP contribution in [-0.2, 0) is 4.74 Å². The molecule has 7 heteroatoms. The van der Waals surface area contributed by atoms with Gasteiger partial charge in [-0.1, -0.05) is 0 Å². The molecular formula is C13H13FN4O2. The van der Waals surface area contributed by atoms with Gasteiger partial charge in [-0.25, -0.2) is 14.1 Å². The van der Waals surface area contributed by atoms with E-state index in [0.29, 0.717) is 31.9 Å². The average molecular weight is 276 g/mol. The molecule has 0 N–H and O–H groups in total. The van der Waals surface area contributed by atoms with Crippen LogP contribution < -0.4 is 0 Å². The Labute approximate surface area is 114 Å². The fourth-order valence-electron chi connectivity index (χ4n) is 2.11. The molecule has 104 valence electrons. The number of hydrogen-bond acceptors (Lipinski definition) is 4. The number of rotatable bonds is 2. The summed E-state index contributed by atoms with van der Waals surface area (Å²) < 4.78 is 20.6. The summed E-state index contributed by atoms with van der Waals surface area (Å²) in [6, 6.07) is 4.35. The highest BCUT2D eigenvalue weighted by Crippen LogP contribution is 2.16. The van der Waals surface area contributed by atoms with Gasteiger partial charge in [-0.05, 0) is 18.2 Å². The normalized spacial score (nSPS) is 15.3. The van der Waals surface area contributed by atoms with Crippen LogP contribution in [0, 0.1) is 5.82 Å². The topological polar surface area (TPSA) is 60.2 Å². The number of aromatic nitrogens is 3. The van der Waals surface area contributed by atoms with Crippen LogP contribution in [0.5, 0.6) is 0 Å². The van der Waals surface area contributed by atoms with Crippen molar-refractivity contribution in [3.8, 4) is 5.69 Å². The SMILES string of the molecule is O=C(c1ccc(-n2cncn2)c(F)c1)N1CCOCC1. The number of benzene rings is 1. The maximum Gasteiger partial charge on any atom is 0.254 e. The van der Waals surface area contributed by atoms with Crippen LogP contribution in [0.25, 0.3) is 5.69 Å². The second-order valence-corrected chi connectivity index (χ2v) is 4.41. The fourth-order valence-corrected chi connectivity index (χ4v) is 2.11. The third-order valence-electron chi connectivity index (χ3n) is 3.16. The zero-order valence-corrected chi connectivity index (χ0v) is 10.7. The Hall–Kier alpha value is -2.28. The number of hydrogen-bond donors (Lipinski definition) is 0.